The number of para-hydroxylation sites is 1. The Bertz CT molecular complexity index is 645. The lowest BCUT2D eigenvalue weighted by atomic mass is 10.1. The molecule has 0 aliphatic carbocycles. The zero-order valence-electron chi connectivity index (χ0n) is 14.9. The van der Waals surface area contributed by atoms with Crippen molar-refractivity contribution in [3.05, 3.63) is 54.1 Å². The molecule has 4 heteroatoms. The molecule has 0 aromatic heterocycles. The Hall–Kier alpha value is -2.20. The molecule has 0 saturated heterocycles. The summed E-state index contributed by atoms with van der Waals surface area (Å²) in [6.45, 7) is 4.91. The van der Waals surface area contributed by atoms with Gasteiger partial charge in [-0.05, 0) is 30.7 Å². The zero-order valence-corrected chi connectivity index (χ0v) is 14.9. The van der Waals surface area contributed by atoms with Crippen LogP contribution in [-0.2, 0) is 0 Å². The Kier molecular flexibility index (Phi) is 6.57. The van der Waals surface area contributed by atoms with Gasteiger partial charge in [-0.1, -0.05) is 56.2 Å². The number of rotatable bonds is 9. The van der Waals surface area contributed by atoms with Crippen LogP contribution in [0.15, 0.2) is 48.5 Å². The van der Waals surface area contributed by atoms with Gasteiger partial charge in [-0.3, -0.25) is 0 Å². The topological polar surface area (TPSA) is 39.7 Å². The largest absolute Gasteiger partial charge is 0.488 e. The van der Waals surface area contributed by atoms with Crippen molar-refractivity contribution in [3.63, 3.8) is 0 Å². The molecule has 2 aromatic rings. The summed E-state index contributed by atoms with van der Waals surface area (Å²) in [4.78, 5) is 0. The number of hydrogen-bond donors (Lipinski definition) is 1. The lowest BCUT2D eigenvalue weighted by Crippen LogP contribution is -2.28. The van der Waals surface area contributed by atoms with Crippen LogP contribution >= 0.6 is 0 Å². The minimum absolute atomic E-state index is 0.151. The molecule has 3 rings (SSSR count). The van der Waals surface area contributed by atoms with E-state index in [1.807, 2.05) is 24.3 Å². The molecule has 1 aliphatic heterocycles. The molecule has 134 valence electrons. The predicted molar refractivity (Wildman–Crippen MR) is 99.6 cm³/mol. The second kappa shape index (κ2) is 9.33. The van der Waals surface area contributed by atoms with Crippen molar-refractivity contribution in [1.82, 2.24) is 5.32 Å². The van der Waals surface area contributed by atoms with Gasteiger partial charge in [0.25, 0.3) is 0 Å². The molecule has 0 radical (unpaired) electrons. The SMILES string of the molecule is CCCCCNC(COc1cccc2c1OCCO2)c1ccccc1. The first-order chi connectivity index (χ1) is 12.4. The van der Waals surface area contributed by atoms with E-state index in [0.29, 0.717) is 25.6 Å². The van der Waals surface area contributed by atoms with E-state index < -0.39 is 0 Å². The van der Waals surface area contributed by atoms with E-state index in [0.717, 1.165) is 18.0 Å². The van der Waals surface area contributed by atoms with Gasteiger partial charge in [0, 0.05) is 0 Å². The van der Waals surface area contributed by atoms with Gasteiger partial charge < -0.3 is 19.5 Å². The third-order valence-electron chi connectivity index (χ3n) is 4.31. The van der Waals surface area contributed by atoms with Gasteiger partial charge in [0.05, 0.1) is 6.04 Å². The normalized spacial score (nSPS) is 14.1. The highest BCUT2D eigenvalue weighted by Crippen LogP contribution is 2.39. The Morgan fingerprint density at radius 2 is 1.84 bits per heavy atom. The van der Waals surface area contributed by atoms with Crippen LogP contribution < -0.4 is 19.5 Å². The molecule has 1 aliphatic rings. The van der Waals surface area contributed by atoms with E-state index in [1.54, 1.807) is 0 Å². The van der Waals surface area contributed by atoms with Crippen LogP contribution in [0.2, 0.25) is 0 Å². The van der Waals surface area contributed by atoms with E-state index in [9.17, 15) is 0 Å². The predicted octanol–water partition coefficient (Wildman–Crippen LogP) is 4.36. The van der Waals surface area contributed by atoms with Gasteiger partial charge in [-0.2, -0.15) is 0 Å². The smallest absolute Gasteiger partial charge is 0.203 e. The highest BCUT2D eigenvalue weighted by atomic mass is 16.6. The molecule has 1 atom stereocenters. The fraction of sp³-hybridized carbons (Fsp3) is 0.429. The van der Waals surface area contributed by atoms with Crippen LogP contribution in [0.1, 0.15) is 37.8 Å². The quantitative estimate of drug-likeness (QED) is 0.688. The molecule has 0 spiro atoms. The average molecular weight is 341 g/mol. The monoisotopic (exact) mass is 341 g/mol. The van der Waals surface area contributed by atoms with Crippen LogP contribution in [0, 0.1) is 0 Å². The average Bonchev–Trinajstić information content (AvgIpc) is 2.68. The highest BCUT2D eigenvalue weighted by molar-refractivity contribution is 5.51. The summed E-state index contributed by atoms with van der Waals surface area (Å²) >= 11 is 0. The lowest BCUT2D eigenvalue weighted by Gasteiger charge is -2.23. The summed E-state index contributed by atoms with van der Waals surface area (Å²) in [6.07, 6.45) is 3.64. The summed E-state index contributed by atoms with van der Waals surface area (Å²) in [5, 5.41) is 3.62. The van der Waals surface area contributed by atoms with E-state index >= 15 is 0 Å². The molecular weight excluding hydrogens is 314 g/mol. The summed E-state index contributed by atoms with van der Waals surface area (Å²) < 4.78 is 17.5. The molecule has 0 saturated carbocycles. The summed E-state index contributed by atoms with van der Waals surface area (Å²) in [5.41, 5.74) is 1.24. The van der Waals surface area contributed by atoms with Crippen molar-refractivity contribution >= 4 is 0 Å². The minimum atomic E-state index is 0.151. The van der Waals surface area contributed by atoms with Gasteiger partial charge >= 0.3 is 0 Å². The molecule has 1 unspecified atom stereocenters. The molecule has 25 heavy (non-hydrogen) atoms. The zero-order chi connectivity index (χ0) is 17.3. The van der Waals surface area contributed by atoms with Crippen LogP contribution in [0.3, 0.4) is 0 Å². The molecule has 0 amide bonds. The number of unbranched alkanes of at least 4 members (excludes halogenated alkanes) is 2. The molecule has 0 fully saturated rings. The molecular formula is C21H27NO3. The summed E-state index contributed by atoms with van der Waals surface area (Å²) in [7, 11) is 0. The molecule has 1 N–H and O–H groups in total. The van der Waals surface area contributed by atoms with Crippen molar-refractivity contribution in [1.29, 1.82) is 0 Å². The van der Waals surface area contributed by atoms with Crippen molar-refractivity contribution in [2.45, 2.75) is 32.2 Å². The Labute approximate surface area is 150 Å². The van der Waals surface area contributed by atoms with Gasteiger partial charge in [0.15, 0.2) is 11.5 Å². The first-order valence-electron chi connectivity index (χ1n) is 9.18. The standard InChI is InChI=1S/C21H27NO3/c1-2-3-7-13-22-18(17-9-5-4-6-10-17)16-25-20-12-8-11-19-21(20)24-15-14-23-19/h4-6,8-12,18,22H,2-3,7,13-16H2,1H3. The fourth-order valence-electron chi connectivity index (χ4n) is 2.94. The first kappa shape index (κ1) is 17.6. The van der Waals surface area contributed by atoms with Crippen molar-refractivity contribution in [3.8, 4) is 17.2 Å². The number of fused-ring (bicyclic) bond motifs is 1. The van der Waals surface area contributed by atoms with Crippen LogP contribution in [0.4, 0.5) is 0 Å². The molecule has 4 nitrogen and oxygen atoms in total. The summed E-state index contributed by atoms with van der Waals surface area (Å²) in [6, 6.07) is 16.4. The number of nitrogens with one attached hydrogen (secondary N) is 1. The van der Waals surface area contributed by atoms with Crippen molar-refractivity contribution in [2.75, 3.05) is 26.4 Å². The first-order valence-corrected chi connectivity index (χ1v) is 9.18. The minimum Gasteiger partial charge on any atom is -0.488 e. The number of hydrogen-bond acceptors (Lipinski definition) is 4. The van der Waals surface area contributed by atoms with Gasteiger partial charge in [-0.25, -0.2) is 0 Å². The Balaban J connectivity index is 1.66. The maximum Gasteiger partial charge on any atom is 0.203 e. The third kappa shape index (κ3) is 4.89. The van der Waals surface area contributed by atoms with Crippen LogP contribution in [-0.4, -0.2) is 26.4 Å². The lowest BCUT2D eigenvalue weighted by molar-refractivity contribution is 0.159. The maximum atomic E-state index is 6.11. The fourth-order valence-corrected chi connectivity index (χ4v) is 2.94. The summed E-state index contributed by atoms with van der Waals surface area (Å²) in [5.74, 6) is 2.22. The van der Waals surface area contributed by atoms with E-state index in [2.05, 4.69) is 36.5 Å². The second-order valence-electron chi connectivity index (χ2n) is 6.22. The van der Waals surface area contributed by atoms with E-state index in [-0.39, 0.29) is 6.04 Å². The van der Waals surface area contributed by atoms with Gasteiger partial charge in [0.1, 0.15) is 19.8 Å². The van der Waals surface area contributed by atoms with Gasteiger partial charge in [-0.15, -0.1) is 0 Å². The third-order valence-corrected chi connectivity index (χ3v) is 4.31. The molecule has 2 aromatic carbocycles. The van der Waals surface area contributed by atoms with E-state index in [4.69, 9.17) is 14.2 Å². The Morgan fingerprint density at radius 3 is 2.68 bits per heavy atom. The van der Waals surface area contributed by atoms with Crippen molar-refractivity contribution < 1.29 is 14.2 Å². The number of ether oxygens (including phenoxy) is 3. The maximum absolute atomic E-state index is 6.11. The second-order valence-corrected chi connectivity index (χ2v) is 6.22. The molecule has 1 heterocycles. The van der Waals surface area contributed by atoms with Gasteiger partial charge in [0.2, 0.25) is 5.75 Å². The molecule has 0 bridgehead atoms. The van der Waals surface area contributed by atoms with E-state index in [1.165, 1.54) is 24.8 Å². The van der Waals surface area contributed by atoms with Crippen molar-refractivity contribution in [2.24, 2.45) is 0 Å². The highest BCUT2D eigenvalue weighted by Gasteiger charge is 2.18. The number of benzene rings is 2. The van der Waals surface area contributed by atoms with Crippen LogP contribution in [0.25, 0.3) is 0 Å². The van der Waals surface area contributed by atoms with Crippen LogP contribution in [0.5, 0.6) is 17.2 Å². The Morgan fingerprint density at radius 1 is 1.00 bits per heavy atom.